The van der Waals surface area contributed by atoms with Crippen LogP contribution in [0.25, 0.3) is 0 Å². The van der Waals surface area contributed by atoms with E-state index in [0.29, 0.717) is 10.7 Å². The highest BCUT2D eigenvalue weighted by Gasteiger charge is 2.01. The number of nitrogens with one attached hydrogen (secondary N) is 1. The summed E-state index contributed by atoms with van der Waals surface area (Å²) in [4.78, 5) is 16.1. The Kier molecular flexibility index (Phi) is 4.53. The van der Waals surface area contributed by atoms with Gasteiger partial charge in [-0.2, -0.15) is 0 Å². The van der Waals surface area contributed by atoms with Crippen LogP contribution >= 0.6 is 11.6 Å². The summed E-state index contributed by atoms with van der Waals surface area (Å²) in [6.45, 7) is 0. The van der Waals surface area contributed by atoms with Gasteiger partial charge in [0.2, 0.25) is 0 Å². The first-order valence-electron chi connectivity index (χ1n) is 5.56. The summed E-state index contributed by atoms with van der Waals surface area (Å²) in [5.41, 5.74) is 1.44. The number of anilines is 1. The lowest BCUT2D eigenvalue weighted by atomic mass is 10.2. The average Bonchev–Trinajstić information content (AvgIpc) is 2.43. The Balaban J connectivity index is 1.85. The highest BCUT2D eigenvalue weighted by Crippen LogP contribution is 2.13. The second-order valence-electron chi connectivity index (χ2n) is 3.66. The van der Waals surface area contributed by atoms with Crippen molar-refractivity contribution in [3.8, 4) is 0 Å². The number of halogens is 1. The van der Waals surface area contributed by atoms with Gasteiger partial charge in [-0.3, -0.25) is 10.2 Å². The molecule has 2 rings (SSSR count). The quantitative estimate of drug-likeness (QED) is 0.524. The van der Waals surface area contributed by atoms with Crippen molar-refractivity contribution in [3.05, 3.63) is 65.2 Å². The normalized spacial score (nSPS) is 10.4. The van der Waals surface area contributed by atoms with Gasteiger partial charge in [0, 0.05) is 10.7 Å². The van der Waals surface area contributed by atoms with Crippen LogP contribution < -0.4 is 5.32 Å². The fraction of sp³-hybridized carbons (Fsp3) is 0. The van der Waals surface area contributed by atoms with Gasteiger partial charge in [0.1, 0.15) is 0 Å². The Morgan fingerprint density at radius 1 is 1.11 bits per heavy atom. The zero-order valence-corrected chi connectivity index (χ0v) is 10.7. The highest BCUT2D eigenvalue weighted by atomic mass is 35.5. The number of nitrogens with zero attached hydrogens (tertiary/aromatic N) is 1. The Bertz CT molecular complexity index is 568. The number of oxime groups is 1. The van der Waals surface area contributed by atoms with Crippen molar-refractivity contribution in [2.24, 2.45) is 5.16 Å². The smallest absolute Gasteiger partial charge is 0.298 e. The largest absolute Gasteiger partial charge is 0.437 e. The van der Waals surface area contributed by atoms with Crippen LogP contribution in [0.5, 0.6) is 0 Å². The van der Waals surface area contributed by atoms with E-state index in [9.17, 15) is 4.79 Å². The van der Waals surface area contributed by atoms with Crippen LogP contribution in [0, 0.1) is 0 Å². The average molecular weight is 275 g/mol. The van der Waals surface area contributed by atoms with E-state index in [1.54, 1.807) is 24.3 Å². The van der Waals surface area contributed by atoms with E-state index in [1.807, 2.05) is 30.3 Å². The molecule has 4 nitrogen and oxygen atoms in total. The van der Waals surface area contributed by atoms with Gasteiger partial charge < -0.3 is 0 Å². The Morgan fingerprint density at radius 2 is 1.79 bits per heavy atom. The van der Waals surface area contributed by atoms with E-state index >= 15 is 0 Å². The van der Waals surface area contributed by atoms with E-state index in [2.05, 4.69) is 15.3 Å². The SMILES string of the molecule is O=C(Nc1ccc(Cl)cc1)ON=Cc1ccccc1. The van der Waals surface area contributed by atoms with Crippen molar-refractivity contribution in [1.29, 1.82) is 0 Å². The molecule has 5 heteroatoms. The standard InChI is InChI=1S/C14H11ClN2O2/c15-12-6-8-13(9-7-12)17-14(18)19-16-10-11-4-2-1-3-5-11/h1-10H,(H,17,18). The van der Waals surface area contributed by atoms with Crippen LogP contribution in [0.1, 0.15) is 5.56 Å². The van der Waals surface area contributed by atoms with Crippen molar-refractivity contribution in [1.82, 2.24) is 0 Å². The lowest BCUT2D eigenvalue weighted by Crippen LogP contribution is -2.10. The second kappa shape index (κ2) is 6.56. The minimum Gasteiger partial charge on any atom is -0.298 e. The molecule has 19 heavy (non-hydrogen) atoms. The number of rotatable bonds is 3. The maximum absolute atomic E-state index is 11.4. The minimum absolute atomic E-state index is 0.587. The molecule has 0 saturated carbocycles. The van der Waals surface area contributed by atoms with Crippen LogP contribution in [-0.4, -0.2) is 12.3 Å². The number of amides is 1. The van der Waals surface area contributed by atoms with Crippen molar-refractivity contribution in [3.63, 3.8) is 0 Å². The fourth-order valence-corrected chi connectivity index (χ4v) is 1.47. The van der Waals surface area contributed by atoms with Crippen molar-refractivity contribution in [2.45, 2.75) is 0 Å². The summed E-state index contributed by atoms with van der Waals surface area (Å²) >= 11 is 5.73. The van der Waals surface area contributed by atoms with Gasteiger partial charge in [0.15, 0.2) is 0 Å². The summed E-state index contributed by atoms with van der Waals surface area (Å²) in [5.74, 6) is 0. The third-order valence-electron chi connectivity index (χ3n) is 2.23. The Morgan fingerprint density at radius 3 is 2.47 bits per heavy atom. The van der Waals surface area contributed by atoms with Crippen LogP contribution in [0.2, 0.25) is 5.02 Å². The lowest BCUT2D eigenvalue weighted by Gasteiger charge is -2.02. The number of carbonyl (C=O) groups is 1. The summed E-state index contributed by atoms with van der Waals surface area (Å²) < 4.78 is 0. The van der Waals surface area contributed by atoms with Crippen LogP contribution in [-0.2, 0) is 4.84 Å². The summed E-state index contributed by atoms with van der Waals surface area (Å²) in [5, 5.41) is 6.71. The van der Waals surface area contributed by atoms with Gasteiger partial charge in [-0.25, -0.2) is 4.79 Å². The monoisotopic (exact) mass is 274 g/mol. The van der Waals surface area contributed by atoms with E-state index < -0.39 is 6.09 Å². The molecule has 0 radical (unpaired) electrons. The molecule has 0 saturated heterocycles. The molecule has 0 aromatic heterocycles. The molecule has 2 aromatic carbocycles. The van der Waals surface area contributed by atoms with E-state index in [4.69, 9.17) is 11.6 Å². The van der Waals surface area contributed by atoms with Gasteiger partial charge in [-0.15, -0.1) is 0 Å². The van der Waals surface area contributed by atoms with Gasteiger partial charge in [0.25, 0.3) is 0 Å². The third kappa shape index (κ3) is 4.44. The first-order chi connectivity index (χ1) is 9.24. The molecule has 0 heterocycles. The predicted molar refractivity (Wildman–Crippen MR) is 75.6 cm³/mol. The molecule has 0 unspecified atom stereocenters. The van der Waals surface area contributed by atoms with Gasteiger partial charge in [-0.1, -0.05) is 47.1 Å². The molecular formula is C14H11ClN2O2. The van der Waals surface area contributed by atoms with Gasteiger partial charge >= 0.3 is 6.09 Å². The molecule has 1 amide bonds. The summed E-state index contributed by atoms with van der Waals surface area (Å²) in [6, 6.07) is 16.0. The number of hydrogen-bond acceptors (Lipinski definition) is 3. The molecule has 0 fully saturated rings. The van der Waals surface area contributed by atoms with Crippen molar-refractivity contribution in [2.75, 3.05) is 5.32 Å². The zero-order valence-electron chi connectivity index (χ0n) is 9.92. The lowest BCUT2D eigenvalue weighted by molar-refractivity contribution is 0.167. The molecule has 0 atom stereocenters. The third-order valence-corrected chi connectivity index (χ3v) is 2.48. The van der Waals surface area contributed by atoms with Crippen molar-refractivity contribution < 1.29 is 9.63 Å². The summed E-state index contributed by atoms with van der Waals surface area (Å²) in [7, 11) is 0. The summed E-state index contributed by atoms with van der Waals surface area (Å²) in [6.07, 6.45) is 0.802. The predicted octanol–water partition coefficient (Wildman–Crippen LogP) is 3.92. The molecule has 96 valence electrons. The molecule has 1 N–H and O–H groups in total. The topological polar surface area (TPSA) is 50.7 Å². The first-order valence-corrected chi connectivity index (χ1v) is 5.94. The molecular weight excluding hydrogens is 264 g/mol. The van der Waals surface area contributed by atoms with Gasteiger partial charge in [-0.05, 0) is 29.8 Å². The molecule has 0 aliphatic rings. The maximum atomic E-state index is 11.4. The molecule has 0 bridgehead atoms. The second-order valence-corrected chi connectivity index (χ2v) is 4.09. The molecule has 0 aliphatic carbocycles. The van der Waals surface area contributed by atoms with E-state index in [1.165, 1.54) is 6.21 Å². The molecule has 2 aromatic rings. The van der Waals surface area contributed by atoms with Crippen LogP contribution in [0.4, 0.5) is 10.5 Å². The van der Waals surface area contributed by atoms with Gasteiger partial charge in [0.05, 0.1) is 6.21 Å². The highest BCUT2D eigenvalue weighted by molar-refractivity contribution is 6.30. The van der Waals surface area contributed by atoms with Crippen LogP contribution in [0.15, 0.2) is 59.8 Å². The molecule has 0 spiro atoms. The van der Waals surface area contributed by atoms with E-state index in [0.717, 1.165) is 5.56 Å². The number of benzene rings is 2. The fourth-order valence-electron chi connectivity index (χ4n) is 1.35. The van der Waals surface area contributed by atoms with Crippen LogP contribution in [0.3, 0.4) is 0 Å². The minimum atomic E-state index is -0.658. The maximum Gasteiger partial charge on any atom is 0.437 e. The Hall–Kier alpha value is -2.33. The van der Waals surface area contributed by atoms with Crippen molar-refractivity contribution >= 4 is 29.6 Å². The Labute approximate surface area is 115 Å². The zero-order chi connectivity index (χ0) is 13.5. The van der Waals surface area contributed by atoms with E-state index in [-0.39, 0.29) is 0 Å². The number of carbonyl (C=O) groups excluding carboxylic acids is 1. The molecule has 0 aliphatic heterocycles. The number of hydrogen-bond donors (Lipinski definition) is 1. The first kappa shape index (κ1) is 13.1.